The Hall–Kier alpha value is -2.02. The van der Waals surface area contributed by atoms with E-state index in [1.165, 1.54) is 12.4 Å². The summed E-state index contributed by atoms with van der Waals surface area (Å²) in [6.07, 6.45) is 3.06. The van der Waals surface area contributed by atoms with Crippen molar-refractivity contribution in [1.29, 1.82) is 0 Å². The number of hydrogen-bond acceptors (Lipinski definition) is 5. The Kier molecular flexibility index (Phi) is 5.64. The molecule has 0 unspecified atom stereocenters. The first-order valence-corrected chi connectivity index (χ1v) is 3.16. The first-order chi connectivity index (χ1) is 6.26. The van der Waals surface area contributed by atoms with Crippen molar-refractivity contribution in [2.24, 2.45) is 5.84 Å². The van der Waals surface area contributed by atoms with Gasteiger partial charge in [-0.15, -0.1) is 0 Å². The largest absolute Gasteiger partial charge is 0.290 e. The summed E-state index contributed by atoms with van der Waals surface area (Å²) in [7, 11) is 0. The van der Waals surface area contributed by atoms with E-state index in [1.807, 2.05) is 5.43 Å². The highest BCUT2D eigenvalue weighted by molar-refractivity contribution is 5.93. The highest BCUT2D eigenvalue weighted by Gasteiger charge is 1.98. The molecule has 7 heteroatoms. The van der Waals surface area contributed by atoms with Crippen molar-refractivity contribution in [1.82, 2.24) is 10.4 Å². The average Bonchev–Trinajstić information content (AvgIpc) is 2.19. The lowest BCUT2D eigenvalue weighted by Crippen LogP contribution is -2.53. The Morgan fingerprint density at radius 3 is 2.38 bits per heavy atom. The van der Waals surface area contributed by atoms with Crippen LogP contribution in [0.3, 0.4) is 0 Å². The molecule has 0 atom stereocenters. The summed E-state index contributed by atoms with van der Waals surface area (Å²) in [5, 5.41) is 8.38. The van der Waals surface area contributed by atoms with Crippen LogP contribution in [0.15, 0.2) is 24.5 Å². The van der Waals surface area contributed by atoms with Gasteiger partial charge in [-0.05, 0) is 12.1 Å². The van der Waals surface area contributed by atoms with Crippen LogP contribution in [0.1, 0.15) is 10.4 Å². The lowest BCUT2D eigenvalue weighted by molar-refractivity contribution is -0.398. The third-order valence-electron chi connectivity index (χ3n) is 1.07. The molecular weight excluding hydrogens is 176 g/mol. The number of nitrogens with one attached hydrogen (secondary N) is 2. The van der Waals surface area contributed by atoms with Gasteiger partial charge >= 0.3 is 0 Å². The molecule has 0 saturated carbocycles. The molecule has 0 aliphatic heterocycles. The Bertz CT molecular complexity index is 264. The Morgan fingerprint density at radius 2 is 2.00 bits per heavy atom. The van der Waals surface area contributed by atoms with Crippen LogP contribution in [0.4, 0.5) is 0 Å². The van der Waals surface area contributed by atoms with E-state index >= 15 is 0 Å². The summed E-state index contributed by atoms with van der Waals surface area (Å²) in [5.74, 6) is 4.58. The van der Waals surface area contributed by atoms with Crippen molar-refractivity contribution < 1.29 is 10.1 Å². The first kappa shape index (κ1) is 11.0. The van der Waals surface area contributed by atoms with Gasteiger partial charge in [0.05, 0.1) is 0 Å². The van der Waals surface area contributed by atoms with Crippen LogP contribution in [-0.4, -0.2) is 10.9 Å². The van der Waals surface area contributed by atoms with Crippen LogP contribution >= 0.6 is 0 Å². The van der Waals surface area contributed by atoms with E-state index in [0.717, 1.165) is 0 Å². The van der Waals surface area contributed by atoms with E-state index in [9.17, 15) is 4.79 Å². The van der Waals surface area contributed by atoms with Gasteiger partial charge < -0.3 is 0 Å². The minimum Gasteiger partial charge on any atom is -0.290 e. The molecule has 70 valence electrons. The standard InChI is InChI=1S/C6H7N3O.HNO2/c7-9-6(10)5-1-3-8-4-2-5;2-1-3/h1-4H,7H2,(H,9,10);1H. The zero-order chi connectivity index (χ0) is 10.1. The summed E-state index contributed by atoms with van der Waals surface area (Å²) >= 11 is 0. The molecule has 1 rings (SSSR count). The number of pyridine rings is 1. The number of nitrogen functional groups attached to an aromatic ring is 1. The van der Waals surface area contributed by atoms with Crippen LogP contribution in [0.5, 0.6) is 0 Å². The monoisotopic (exact) mass is 184 g/mol. The molecular formula is C6H8N4O3. The van der Waals surface area contributed by atoms with Crippen LogP contribution in [0.2, 0.25) is 0 Å². The maximum absolute atomic E-state index is 10.7. The van der Waals surface area contributed by atoms with Gasteiger partial charge in [-0.25, -0.2) is 5.84 Å². The lowest BCUT2D eigenvalue weighted by Gasteiger charge is -1.95. The molecule has 0 aliphatic carbocycles. The SMILES string of the molecule is NNC(=O)c1ccncc1.O=[NH+][O-]. The molecule has 0 saturated heterocycles. The van der Waals surface area contributed by atoms with E-state index in [2.05, 4.69) is 4.98 Å². The summed E-state index contributed by atoms with van der Waals surface area (Å²) in [4.78, 5) is 22.6. The van der Waals surface area contributed by atoms with Gasteiger partial charge in [0.1, 0.15) is 0 Å². The number of carbonyl (C=O) groups excluding carboxylic acids is 1. The number of rotatable bonds is 1. The normalized spacial score (nSPS) is 7.77. The van der Waals surface area contributed by atoms with Crippen LogP contribution in [0, 0.1) is 10.1 Å². The van der Waals surface area contributed by atoms with Crippen molar-refractivity contribution in [3.63, 3.8) is 0 Å². The Labute approximate surface area is 73.5 Å². The fourth-order valence-corrected chi connectivity index (χ4v) is 0.587. The lowest BCUT2D eigenvalue weighted by atomic mass is 10.3. The number of amides is 1. The third kappa shape index (κ3) is 4.43. The zero-order valence-corrected chi connectivity index (χ0v) is 6.56. The smallest absolute Gasteiger partial charge is 0.265 e. The quantitative estimate of drug-likeness (QED) is 0.202. The molecule has 4 N–H and O–H groups in total. The summed E-state index contributed by atoms with van der Waals surface area (Å²) < 4.78 is 0. The van der Waals surface area contributed by atoms with Gasteiger partial charge in [0, 0.05) is 23.3 Å². The van der Waals surface area contributed by atoms with Crippen molar-refractivity contribution in [2.45, 2.75) is 0 Å². The molecule has 0 aromatic carbocycles. The molecule has 1 aromatic rings. The highest BCUT2D eigenvalue weighted by Crippen LogP contribution is 1.93. The number of hydrazine groups is 1. The average molecular weight is 184 g/mol. The second kappa shape index (κ2) is 6.68. The summed E-state index contributed by atoms with van der Waals surface area (Å²) in [6.45, 7) is 0. The molecule has 7 nitrogen and oxygen atoms in total. The van der Waals surface area contributed by atoms with E-state index in [4.69, 9.17) is 16.0 Å². The highest BCUT2D eigenvalue weighted by atomic mass is 16.6. The minimum atomic E-state index is -0.303. The van der Waals surface area contributed by atoms with Crippen molar-refractivity contribution in [3.8, 4) is 0 Å². The molecule has 0 aliphatic rings. The van der Waals surface area contributed by atoms with Gasteiger partial charge in [0.15, 0.2) is 0 Å². The summed E-state index contributed by atoms with van der Waals surface area (Å²) in [5.41, 5.74) is 2.53. The third-order valence-corrected chi connectivity index (χ3v) is 1.07. The first-order valence-electron chi connectivity index (χ1n) is 3.16. The maximum atomic E-state index is 10.7. The van der Waals surface area contributed by atoms with Crippen LogP contribution in [-0.2, 0) is 0 Å². The predicted molar refractivity (Wildman–Crippen MR) is 43.6 cm³/mol. The number of nitrogens with two attached hydrogens (primary N) is 1. The van der Waals surface area contributed by atoms with Gasteiger partial charge in [-0.3, -0.25) is 25.3 Å². The van der Waals surface area contributed by atoms with E-state index in [-0.39, 0.29) is 11.2 Å². The zero-order valence-electron chi connectivity index (χ0n) is 6.56. The molecule has 0 radical (unpaired) electrons. The second-order valence-electron chi connectivity index (χ2n) is 1.79. The van der Waals surface area contributed by atoms with Gasteiger partial charge in [-0.2, -0.15) is 0 Å². The van der Waals surface area contributed by atoms with Gasteiger partial charge in [0.25, 0.3) is 5.91 Å². The molecule has 1 amide bonds. The fourth-order valence-electron chi connectivity index (χ4n) is 0.587. The van der Waals surface area contributed by atoms with Crippen LogP contribution in [0.25, 0.3) is 0 Å². The van der Waals surface area contributed by atoms with Crippen molar-refractivity contribution >= 4 is 5.91 Å². The molecule has 0 fully saturated rings. The summed E-state index contributed by atoms with van der Waals surface area (Å²) in [6, 6.07) is 3.17. The molecule has 1 heterocycles. The minimum absolute atomic E-state index is 0.250. The van der Waals surface area contributed by atoms with Crippen LogP contribution < -0.4 is 16.6 Å². The molecule has 13 heavy (non-hydrogen) atoms. The Morgan fingerprint density at radius 1 is 1.54 bits per heavy atom. The topological polar surface area (TPSA) is 122 Å². The van der Waals surface area contributed by atoms with Gasteiger partial charge in [0.2, 0.25) is 0 Å². The second-order valence-corrected chi connectivity index (χ2v) is 1.79. The maximum Gasteiger partial charge on any atom is 0.265 e. The van der Waals surface area contributed by atoms with Gasteiger partial charge in [-0.1, -0.05) is 0 Å². The van der Waals surface area contributed by atoms with Crippen molar-refractivity contribution in [3.05, 3.63) is 40.2 Å². The van der Waals surface area contributed by atoms with Crippen molar-refractivity contribution in [2.75, 3.05) is 0 Å². The molecule has 0 spiro atoms. The van der Waals surface area contributed by atoms with E-state index < -0.39 is 0 Å². The fraction of sp³-hybridized carbons (Fsp3) is 0. The predicted octanol–water partition coefficient (Wildman–Crippen LogP) is -1.98. The van der Waals surface area contributed by atoms with E-state index in [0.29, 0.717) is 5.56 Å². The number of hydrogen-bond donors (Lipinski definition) is 3. The number of nitrogens with zero attached hydrogens (tertiary/aromatic N) is 1. The molecule has 1 aromatic heterocycles. The number of aromatic nitrogens is 1. The molecule has 0 bridgehead atoms. The Balaban J connectivity index is 0.000000424. The van der Waals surface area contributed by atoms with E-state index in [1.54, 1.807) is 12.1 Å². The number of carbonyl (C=O) groups is 1.